The molecule has 0 spiro atoms. The van der Waals surface area contributed by atoms with Crippen LogP contribution in [0.2, 0.25) is 0 Å². The molecular weight excluding hydrogens is 216 g/mol. The second kappa shape index (κ2) is 6.14. The van der Waals surface area contributed by atoms with Crippen molar-refractivity contribution in [2.24, 2.45) is 0 Å². The lowest BCUT2D eigenvalue weighted by Gasteiger charge is -2.31. The summed E-state index contributed by atoms with van der Waals surface area (Å²) in [6.07, 6.45) is 6.44. The van der Waals surface area contributed by atoms with Crippen molar-refractivity contribution in [2.75, 3.05) is 26.7 Å². The zero-order valence-electron chi connectivity index (χ0n) is 10.5. The van der Waals surface area contributed by atoms with Gasteiger partial charge < -0.3 is 10.4 Å². The number of likely N-dealkylation sites (N-methyl/N-ethyl adjacent to an activating group) is 1. The average molecular weight is 238 g/mol. The van der Waals surface area contributed by atoms with Gasteiger partial charge in [0.15, 0.2) is 0 Å². The number of aliphatic hydroxyl groups excluding tert-OH is 1. The van der Waals surface area contributed by atoms with Crippen LogP contribution in [-0.4, -0.2) is 52.6 Å². The summed E-state index contributed by atoms with van der Waals surface area (Å²) in [6, 6.07) is 0.630. The summed E-state index contributed by atoms with van der Waals surface area (Å²) in [5.41, 5.74) is 1.21. The number of piperidine rings is 1. The van der Waals surface area contributed by atoms with Gasteiger partial charge in [-0.2, -0.15) is 5.10 Å². The highest BCUT2D eigenvalue weighted by Crippen LogP contribution is 2.11. The molecule has 0 amide bonds. The molecule has 1 aromatic heterocycles. The van der Waals surface area contributed by atoms with E-state index in [0.29, 0.717) is 12.6 Å². The number of aromatic nitrogens is 2. The Bertz CT molecular complexity index is 333. The van der Waals surface area contributed by atoms with Crippen molar-refractivity contribution in [1.29, 1.82) is 0 Å². The van der Waals surface area contributed by atoms with E-state index in [9.17, 15) is 0 Å². The van der Waals surface area contributed by atoms with Crippen LogP contribution in [0, 0.1) is 0 Å². The molecule has 5 heteroatoms. The first-order valence-electron chi connectivity index (χ1n) is 6.33. The topological polar surface area (TPSA) is 53.3 Å². The van der Waals surface area contributed by atoms with Crippen LogP contribution in [0.4, 0.5) is 0 Å². The Morgan fingerprint density at radius 1 is 1.65 bits per heavy atom. The molecule has 0 aromatic carbocycles. The maximum atomic E-state index is 8.84. The quantitative estimate of drug-likeness (QED) is 0.761. The third-order valence-corrected chi connectivity index (χ3v) is 3.34. The van der Waals surface area contributed by atoms with E-state index in [-0.39, 0.29) is 6.61 Å². The molecule has 1 fully saturated rings. The Kier molecular flexibility index (Phi) is 4.53. The maximum Gasteiger partial charge on any atom is 0.0640 e. The number of aliphatic hydroxyl groups is 1. The third kappa shape index (κ3) is 3.52. The zero-order chi connectivity index (χ0) is 12.1. The second-order valence-electron chi connectivity index (χ2n) is 4.75. The van der Waals surface area contributed by atoms with E-state index in [1.807, 2.05) is 12.4 Å². The summed E-state index contributed by atoms with van der Waals surface area (Å²) >= 11 is 0. The largest absolute Gasteiger partial charge is 0.394 e. The van der Waals surface area contributed by atoms with Gasteiger partial charge in [0, 0.05) is 30.9 Å². The summed E-state index contributed by atoms with van der Waals surface area (Å²) in [5.74, 6) is 0. The predicted octanol–water partition coefficient (Wildman–Crippen LogP) is 0.0592. The van der Waals surface area contributed by atoms with Gasteiger partial charge in [-0.25, -0.2) is 0 Å². The smallest absolute Gasteiger partial charge is 0.0640 e. The molecule has 0 bridgehead atoms. The van der Waals surface area contributed by atoms with Crippen molar-refractivity contribution in [3.8, 4) is 0 Å². The molecule has 1 atom stereocenters. The summed E-state index contributed by atoms with van der Waals surface area (Å²) in [6.45, 7) is 3.88. The van der Waals surface area contributed by atoms with Crippen LogP contribution >= 0.6 is 0 Å². The van der Waals surface area contributed by atoms with E-state index >= 15 is 0 Å². The lowest BCUT2D eigenvalue weighted by Crippen LogP contribution is -2.43. The Morgan fingerprint density at radius 3 is 3.24 bits per heavy atom. The average Bonchev–Trinajstić information content (AvgIpc) is 2.78. The van der Waals surface area contributed by atoms with Crippen molar-refractivity contribution in [3.05, 3.63) is 18.0 Å². The van der Waals surface area contributed by atoms with Gasteiger partial charge in [0.2, 0.25) is 0 Å². The van der Waals surface area contributed by atoms with Gasteiger partial charge in [0.05, 0.1) is 19.3 Å². The van der Waals surface area contributed by atoms with Crippen LogP contribution in [0.5, 0.6) is 0 Å². The van der Waals surface area contributed by atoms with Gasteiger partial charge in [-0.3, -0.25) is 9.58 Å². The Labute approximate surface area is 102 Å². The van der Waals surface area contributed by atoms with Crippen LogP contribution in [-0.2, 0) is 13.1 Å². The highest BCUT2D eigenvalue weighted by Gasteiger charge is 2.17. The van der Waals surface area contributed by atoms with Crippen molar-refractivity contribution in [2.45, 2.75) is 32.0 Å². The Balaban J connectivity index is 1.85. The van der Waals surface area contributed by atoms with Crippen molar-refractivity contribution < 1.29 is 5.11 Å². The molecule has 1 unspecified atom stereocenters. The molecule has 17 heavy (non-hydrogen) atoms. The first-order valence-corrected chi connectivity index (χ1v) is 6.33. The molecule has 1 aliphatic rings. The highest BCUT2D eigenvalue weighted by molar-refractivity contribution is 5.04. The number of rotatable bonds is 5. The lowest BCUT2D eigenvalue weighted by atomic mass is 10.1. The summed E-state index contributed by atoms with van der Waals surface area (Å²) in [7, 11) is 2.17. The van der Waals surface area contributed by atoms with E-state index in [2.05, 4.69) is 22.4 Å². The minimum Gasteiger partial charge on any atom is -0.394 e. The number of nitrogens with one attached hydrogen (secondary N) is 1. The highest BCUT2D eigenvalue weighted by atomic mass is 16.3. The fourth-order valence-corrected chi connectivity index (χ4v) is 2.34. The van der Waals surface area contributed by atoms with E-state index in [1.54, 1.807) is 4.68 Å². The van der Waals surface area contributed by atoms with E-state index in [1.165, 1.54) is 18.4 Å². The summed E-state index contributed by atoms with van der Waals surface area (Å²) < 4.78 is 1.79. The standard InChI is InChI=1S/C12H22N4O/c1-15(12-3-2-4-13-8-12)9-11-7-14-16(10-11)5-6-17/h7,10,12-13,17H,2-6,8-9H2,1H3. The van der Waals surface area contributed by atoms with Gasteiger partial charge in [-0.15, -0.1) is 0 Å². The fourth-order valence-electron chi connectivity index (χ4n) is 2.34. The predicted molar refractivity (Wildman–Crippen MR) is 66.7 cm³/mol. The van der Waals surface area contributed by atoms with Crippen LogP contribution < -0.4 is 5.32 Å². The van der Waals surface area contributed by atoms with Gasteiger partial charge in [-0.1, -0.05) is 0 Å². The minimum absolute atomic E-state index is 0.142. The van der Waals surface area contributed by atoms with E-state index < -0.39 is 0 Å². The molecule has 2 heterocycles. The number of nitrogens with zero attached hydrogens (tertiary/aromatic N) is 3. The third-order valence-electron chi connectivity index (χ3n) is 3.34. The molecule has 0 radical (unpaired) electrons. The molecule has 2 rings (SSSR count). The van der Waals surface area contributed by atoms with Gasteiger partial charge >= 0.3 is 0 Å². The molecule has 0 saturated carbocycles. The Morgan fingerprint density at radius 2 is 2.53 bits per heavy atom. The van der Waals surface area contributed by atoms with Gasteiger partial charge in [-0.05, 0) is 26.4 Å². The summed E-state index contributed by atoms with van der Waals surface area (Å²) in [5, 5.41) is 16.5. The molecule has 1 saturated heterocycles. The monoisotopic (exact) mass is 238 g/mol. The van der Waals surface area contributed by atoms with Crippen LogP contribution in [0.15, 0.2) is 12.4 Å². The summed E-state index contributed by atoms with van der Waals surface area (Å²) in [4.78, 5) is 2.38. The molecular formula is C12H22N4O. The lowest BCUT2D eigenvalue weighted by molar-refractivity contribution is 0.196. The molecule has 2 N–H and O–H groups in total. The Hall–Kier alpha value is -0.910. The van der Waals surface area contributed by atoms with Gasteiger partial charge in [0.25, 0.3) is 0 Å². The van der Waals surface area contributed by atoms with Crippen molar-refractivity contribution in [3.63, 3.8) is 0 Å². The van der Waals surface area contributed by atoms with Crippen molar-refractivity contribution in [1.82, 2.24) is 20.0 Å². The van der Waals surface area contributed by atoms with E-state index in [0.717, 1.165) is 19.6 Å². The second-order valence-corrected chi connectivity index (χ2v) is 4.75. The number of hydrogen-bond donors (Lipinski definition) is 2. The van der Waals surface area contributed by atoms with Crippen molar-refractivity contribution >= 4 is 0 Å². The SMILES string of the molecule is CN(Cc1cnn(CCO)c1)C1CCCNC1. The molecule has 5 nitrogen and oxygen atoms in total. The molecule has 0 aliphatic carbocycles. The van der Waals surface area contributed by atoms with Crippen LogP contribution in [0.1, 0.15) is 18.4 Å². The minimum atomic E-state index is 0.142. The van der Waals surface area contributed by atoms with Gasteiger partial charge in [0.1, 0.15) is 0 Å². The molecule has 1 aliphatic heterocycles. The molecule has 96 valence electrons. The normalized spacial score (nSPS) is 21.0. The zero-order valence-corrected chi connectivity index (χ0v) is 10.5. The number of hydrogen-bond acceptors (Lipinski definition) is 4. The van der Waals surface area contributed by atoms with Crippen LogP contribution in [0.25, 0.3) is 0 Å². The maximum absolute atomic E-state index is 8.84. The molecule has 1 aromatic rings. The van der Waals surface area contributed by atoms with E-state index in [4.69, 9.17) is 5.11 Å². The fraction of sp³-hybridized carbons (Fsp3) is 0.750. The first kappa shape index (κ1) is 12.5. The first-order chi connectivity index (χ1) is 8.29. The van der Waals surface area contributed by atoms with Crippen LogP contribution in [0.3, 0.4) is 0 Å².